The van der Waals surface area contributed by atoms with Gasteiger partial charge in [-0.15, -0.1) is 0 Å². The molecule has 5 heteroatoms. The van der Waals surface area contributed by atoms with Gasteiger partial charge in [-0.25, -0.2) is 0 Å². The molecule has 1 aliphatic carbocycles. The van der Waals surface area contributed by atoms with Crippen LogP contribution in [0.25, 0.3) is 0 Å². The smallest absolute Gasteiger partial charge is 0.255 e. The van der Waals surface area contributed by atoms with Crippen LogP contribution in [0.4, 0.5) is 11.4 Å². The second-order valence-electron chi connectivity index (χ2n) is 7.22. The fourth-order valence-electron chi connectivity index (χ4n) is 3.64. The average Bonchev–Trinajstić information content (AvgIpc) is 2.95. The maximum absolute atomic E-state index is 12.6. The van der Waals surface area contributed by atoms with Crippen molar-refractivity contribution in [2.24, 2.45) is 0 Å². The molecule has 2 aromatic carbocycles. The number of anilines is 2. The molecule has 1 fully saturated rings. The molecule has 0 unspecified atom stereocenters. The minimum absolute atomic E-state index is 0.154. The van der Waals surface area contributed by atoms with Crippen LogP contribution < -0.4 is 20.1 Å². The number of hydrogen-bond acceptors (Lipinski definition) is 4. The predicted molar refractivity (Wildman–Crippen MR) is 107 cm³/mol. The molecule has 2 N–H and O–H groups in total. The van der Waals surface area contributed by atoms with Crippen LogP contribution in [0.15, 0.2) is 42.5 Å². The highest BCUT2D eigenvalue weighted by atomic mass is 16.5. The number of nitrogens with one attached hydrogen (secondary N) is 2. The van der Waals surface area contributed by atoms with Crippen LogP contribution in [0.1, 0.15) is 48.9 Å². The number of benzene rings is 2. The molecule has 1 amide bonds. The summed E-state index contributed by atoms with van der Waals surface area (Å²) in [5, 5.41) is 6.54. The Bertz CT molecular complexity index is 783. The van der Waals surface area contributed by atoms with Gasteiger partial charge in [-0.1, -0.05) is 19.3 Å². The molecule has 4 rings (SSSR count). The number of amides is 1. The fourth-order valence-corrected chi connectivity index (χ4v) is 3.64. The van der Waals surface area contributed by atoms with Crippen molar-refractivity contribution in [1.82, 2.24) is 0 Å². The zero-order valence-electron chi connectivity index (χ0n) is 15.5. The Morgan fingerprint density at radius 2 is 1.52 bits per heavy atom. The number of carbonyl (C=O) groups is 1. The minimum atomic E-state index is -0.154. The molecule has 0 aromatic heterocycles. The summed E-state index contributed by atoms with van der Waals surface area (Å²) in [5.41, 5.74) is 2.44. The summed E-state index contributed by atoms with van der Waals surface area (Å²) in [6.07, 6.45) is 7.29. The van der Waals surface area contributed by atoms with E-state index >= 15 is 0 Å². The van der Waals surface area contributed by atoms with Crippen molar-refractivity contribution in [1.29, 1.82) is 0 Å². The number of fused-ring (bicyclic) bond motifs is 1. The first kappa shape index (κ1) is 17.7. The van der Waals surface area contributed by atoms with Gasteiger partial charge in [0.15, 0.2) is 11.5 Å². The van der Waals surface area contributed by atoms with E-state index in [0.29, 0.717) is 36.3 Å². The van der Waals surface area contributed by atoms with E-state index in [2.05, 4.69) is 10.6 Å². The zero-order valence-corrected chi connectivity index (χ0v) is 15.5. The lowest BCUT2D eigenvalue weighted by molar-refractivity contribution is 0.102. The van der Waals surface area contributed by atoms with Crippen molar-refractivity contribution in [2.75, 3.05) is 23.8 Å². The molecular formula is C22H26N2O3. The zero-order chi connectivity index (χ0) is 18.5. The van der Waals surface area contributed by atoms with E-state index in [1.807, 2.05) is 24.3 Å². The molecular weight excluding hydrogens is 340 g/mol. The Morgan fingerprint density at radius 3 is 2.30 bits per heavy atom. The normalized spacial score (nSPS) is 17.0. The highest BCUT2D eigenvalue weighted by Crippen LogP contribution is 2.30. The van der Waals surface area contributed by atoms with E-state index in [9.17, 15) is 4.79 Å². The standard InChI is InChI=1S/C22H26N2O3/c25-22(16-7-12-20-21(15-16)27-14-4-13-26-20)24-19-10-8-18(9-11-19)23-17-5-2-1-3-6-17/h7-12,15,17,23H,1-6,13-14H2,(H,24,25). The molecule has 1 heterocycles. The van der Waals surface area contributed by atoms with Crippen LogP contribution in [0.2, 0.25) is 0 Å². The molecule has 1 saturated carbocycles. The summed E-state index contributed by atoms with van der Waals surface area (Å²) in [6.45, 7) is 1.24. The molecule has 142 valence electrons. The molecule has 0 saturated heterocycles. The Hall–Kier alpha value is -2.69. The molecule has 0 radical (unpaired) electrons. The van der Waals surface area contributed by atoms with Gasteiger partial charge in [-0.05, 0) is 55.3 Å². The quantitative estimate of drug-likeness (QED) is 0.812. The van der Waals surface area contributed by atoms with Crippen molar-refractivity contribution in [3.63, 3.8) is 0 Å². The van der Waals surface area contributed by atoms with Gasteiger partial charge in [0.2, 0.25) is 0 Å². The van der Waals surface area contributed by atoms with Gasteiger partial charge in [0.05, 0.1) is 13.2 Å². The number of ether oxygens (including phenoxy) is 2. The third-order valence-corrected chi connectivity index (χ3v) is 5.13. The Morgan fingerprint density at radius 1 is 0.815 bits per heavy atom. The lowest BCUT2D eigenvalue weighted by atomic mass is 9.95. The third-order valence-electron chi connectivity index (χ3n) is 5.13. The van der Waals surface area contributed by atoms with Crippen molar-refractivity contribution < 1.29 is 14.3 Å². The summed E-state index contributed by atoms with van der Waals surface area (Å²) in [5.74, 6) is 1.17. The predicted octanol–water partition coefficient (Wildman–Crippen LogP) is 4.84. The fraction of sp³-hybridized carbons (Fsp3) is 0.409. The average molecular weight is 366 g/mol. The lowest BCUT2D eigenvalue weighted by Crippen LogP contribution is -2.22. The van der Waals surface area contributed by atoms with E-state index in [4.69, 9.17) is 9.47 Å². The molecule has 2 aliphatic rings. The van der Waals surface area contributed by atoms with Gasteiger partial charge in [0.1, 0.15) is 0 Å². The maximum atomic E-state index is 12.6. The van der Waals surface area contributed by atoms with Crippen LogP contribution in [-0.4, -0.2) is 25.2 Å². The van der Waals surface area contributed by atoms with Crippen molar-refractivity contribution >= 4 is 17.3 Å². The molecule has 5 nitrogen and oxygen atoms in total. The Kier molecular flexibility index (Phi) is 5.47. The summed E-state index contributed by atoms with van der Waals surface area (Å²) in [6, 6.07) is 13.8. The first-order valence-corrected chi connectivity index (χ1v) is 9.85. The van der Waals surface area contributed by atoms with E-state index in [1.165, 1.54) is 32.1 Å². The topological polar surface area (TPSA) is 59.6 Å². The molecule has 0 spiro atoms. The van der Waals surface area contributed by atoms with Crippen LogP contribution in [-0.2, 0) is 0 Å². The lowest BCUT2D eigenvalue weighted by Gasteiger charge is -2.23. The van der Waals surface area contributed by atoms with Crippen LogP contribution in [0, 0.1) is 0 Å². The maximum Gasteiger partial charge on any atom is 0.255 e. The summed E-state index contributed by atoms with van der Waals surface area (Å²) in [7, 11) is 0. The van der Waals surface area contributed by atoms with Gasteiger partial charge >= 0.3 is 0 Å². The Labute approximate surface area is 160 Å². The second-order valence-corrected chi connectivity index (χ2v) is 7.22. The minimum Gasteiger partial charge on any atom is -0.490 e. The highest BCUT2D eigenvalue weighted by molar-refractivity contribution is 6.04. The van der Waals surface area contributed by atoms with E-state index in [0.717, 1.165) is 17.8 Å². The summed E-state index contributed by atoms with van der Waals surface area (Å²) in [4.78, 5) is 12.6. The summed E-state index contributed by atoms with van der Waals surface area (Å²) >= 11 is 0. The van der Waals surface area contributed by atoms with Gasteiger partial charge in [-0.3, -0.25) is 4.79 Å². The SMILES string of the molecule is O=C(Nc1ccc(NC2CCCCC2)cc1)c1ccc2c(c1)OCCCO2. The highest BCUT2D eigenvalue weighted by Gasteiger charge is 2.15. The Balaban J connectivity index is 1.38. The number of rotatable bonds is 4. The largest absolute Gasteiger partial charge is 0.490 e. The molecule has 0 atom stereocenters. The van der Waals surface area contributed by atoms with Crippen molar-refractivity contribution in [2.45, 2.75) is 44.6 Å². The first-order valence-electron chi connectivity index (χ1n) is 9.85. The molecule has 27 heavy (non-hydrogen) atoms. The molecule has 1 aliphatic heterocycles. The van der Waals surface area contributed by atoms with Gasteiger partial charge in [0.25, 0.3) is 5.91 Å². The molecule has 2 aromatic rings. The van der Waals surface area contributed by atoms with Crippen LogP contribution in [0.3, 0.4) is 0 Å². The van der Waals surface area contributed by atoms with Crippen LogP contribution in [0.5, 0.6) is 11.5 Å². The van der Waals surface area contributed by atoms with Crippen molar-refractivity contribution in [3.05, 3.63) is 48.0 Å². The second kappa shape index (κ2) is 8.33. The van der Waals surface area contributed by atoms with Gasteiger partial charge < -0.3 is 20.1 Å². The third kappa shape index (κ3) is 4.54. The van der Waals surface area contributed by atoms with E-state index in [1.54, 1.807) is 18.2 Å². The number of carbonyl (C=O) groups excluding carboxylic acids is 1. The molecule has 0 bridgehead atoms. The van der Waals surface area contributed by atoms with Crippen LogP contribution >= 0.6 is 0 Å². The van der Waals surface area contributed by atoms with Gasteiger partial charge in [0, 0.05) is 29.4 Å². The first-order chi connectivity index (χ1) is 13.3. The van der Waals surface area contributed by atoms with Crippen molar-refractivity contribution in [3.8, 4) is 11.5 Å². The van der Waals surface area contributed by atoms with Gasteiger partial charge in [-0.2, -0.15) is 0 Å². The number of hydrogen-bond donors (Lipinski definition) is 2. The summed E-state index contributed by atoms with van der Waals surface area (Å²) < 4.78 is 11.3. The van der Waals surface area contributed by atoms with E-state index in [-0.39, 0.29) is 5.91 Å². The monoisotopic (exact) mass is 366 g/mol. The van der Waals surface area contributed by atoms with E-state index < -0.39 is 0 Å².